The third-order valence-corrected chi connectivity index (χ3v) is 5.13. The van der Waals surface area contributed by atoms with Crippen LogP contribution in [-0.2, 0) is 6.42 Å². The first-order chi connectivity index (χ1) is 12.0. The van der Waals surface area contributed by atoms with Gasteiger partial charge in [0.05, 0.1) is 0 Å². The summed E-state index contributed by atoms with van der Waals surface area (Å²) >= 11 is 0. The molecule has 2 aliphatic carbocycles. The summed E-state index contributed by atoms with van der Waals surface area (Å²) in [4.78, 5) is 27.7. The van der Waals surface area contributed by atoms with Gasteiger partial charge in [0, 0.05) is 35.7 Å². The molecule has 2 atom stereocenters. The van der Waals surface area contributed by atoms with Crippen molar-refractivity contribution in [2.24, 2.45) is 0 Å². The molecule has 1 aromatic heterocycles. The predicted octanol–water partition coefficient (Wildman–Crippen LogP) is 3.41. The Morgan fingerprint density at radius 3 is 2.80 bits per heavy atom. The molecule has 1 fully saturated rings. The van der Waals surface area contributed by atoms with Crippen molar-refractivity contribution in [3.8, 4) is 0 Å². The Bertz CT molecular complexity index is 888. The van der Waals surface area contributed by atoms with Crippen LogP contribution in [-0.4, -0.2) is 22.7 Å². The van der Waals surface area contributed by atoms with Gasteiger partial charge in [0.2, 0.25) is 0 Å². The third kappa shape index (κ3) is 2.75. The monoisotopic (exact) mass is 344 g/mol. The summed E-state index contributed by atoms with van der Waals surface area (Å²) in [5.74, 6) is -1.55. The van der Waals surface area contributed by atoms with E-state index in [1.165, 1.54) is 12.1 Å². The Hall–Kier alpha value is -2.50. The van der Waals surface area contributed by atoms with Gasteiger partial charge in [-0.15, -0.1) is 0 Å². The Labute approximate surface area is 143 Å². The molecule has 0 unspecified atom stereocenters. The summed E-state index contributed by atoms with van der Waals surface area (Å²) in [7, 11) is 0. The standard InChI is InChI=1S/C19H18F2N2O2/c1-9-17-14(3-2-4-16(17)24)22-18(9)19(25)23-15-8-12(15)11-6-5-10(20)7-13(11)21/h5-7,12,15,22H,2-4,8H2,1H3,(H,23,25)/t12-,15+/m0/s1. The fourth-order valence-corrected chi connectivity index (χ4v) is 3.74. The van der Waals surface area contributed by atoms with Crippen molar-refractivity contribution in [1.82, 2.24) is 10.3 Å². The SMILES string of the molecule is Cc1c(C(=O)N[C@@H]2C[C@H]2c2ccc(F)cc2F)[nH]c2c1C(=O)CCC2. The van der Waals surface area contributed by atoms with E-state index in [4.69, 9.17) is 0 Å². The van der Waals surface area contributed by atoms with Crippen LogP contribution < -0.4 is 5.32 Å². The molecule has 130 valence electrons. The molecule has 0 spiro atoms. The van der Waals surface area contributed by atoms with Gasteiger partial charge in [-0.1, -0.05) is 6.07 Å². The van der Waals surface area contributed by atoms with Gasteiger partial charge in [-0.3, -0.25) is 9.59 Å². The number of halogens is 2. The van der Waals surface area contributed by atoms with Crippen LogP contribution in [0.25, 0.3) is 0 Å². The van der Waals surface area contributed by atoms with Crippen molar-refractivity contribution >= 4 is 11.7 Å². The Morgan fingerprint density at radius 1 is 1.28 bits per heavy atom. The fourth-order valence-electron chi connectivity index (χ4n) is 3.74. The highest BCUT2D eigenvalue weighted by Crippen LogP contribution is 2.42. The van der Waals surface area contributed by atoms with Crippen LogP contribution in [0.5, 0.6) is 0 Å². The zero-order valence-electron chi connectivity index (χ0n) is 13.8. The van der Waals surface area contributed by atoms with Crippen LogP contribution in [0.15, 0.2) is 18.2 Å². The van der Waals surface area contributed by atoms with Crippen LogP contribution in [0.3, 0.4) is 0 Å². The van der Waals surface area contributed by atoms with Gasteiger partial charge >= 0.3 is 0 Å². The summed E-state index contributed by atoms with van der Waals surface area (Å²) in [6.45, 7) is 1.78. The molecule has 0 saturated heterocycles. The van der Waals surface area contributed by atoms with Gasteiger partial charge in [0.15, 0.2) is 5.78 Å². The number of amides is 1. The first-order valence-electron chi connectivity index (χ1n) is 8.46. The lowest BCUT2D eigenvalue weighted by atomic mass is 9.94. The molecule has 4 nitrogen and oxygen atoms in total. The number of ketones is 1. The predicted molar refractivity (Wildman–Crippen MR) is 87.8 cm³/mol. The number of rotatable bonds is 3. The smallest absolute Gasteiger partial charge is 0.268 e. The van der Waals surface area contributed by atoms with E-state index in [1.807, 2.05) is 0 Å². The van der Waals surface area contributed by atoms with Crippen molar-refractivity contribution < 1.29 is 18.4 Å². The molecule has 2 aliphatic rings. The molecule has 0 aliphatic heterocycles. The van der Waals surface area contributed by atoms with Crippen molar-refractivity contribution in [3.05, 3.63) is 57.9 Å². The first-order valence-corrected chi connectivity index (χ1v) is 8.46. The maximum absolute atomic E-state index is 13.8. The maximum atomic E-state index is 13.8. The van der Waals surface area contributed by atoms with E-state index < -0.39 is 11.6 Å². The molecule has 6 heteroatoms. The van der Waals surface area contributed by atoms with Gasteiger partial charge in [-0.05, 0) is 43.4 Å². The molecule has 4 rings (SSSR count). The molecule has 1 saturated carbocycles. The fraction of sp³-hybridized carbons (Fsp3) is 0.368. The highest BCUT2D eigenvalue weighted by Gasteiger charge is 2.41. The second kappa shape index (κ2) is 5.79. The summed E-state index contributed by atoms with van der Waals surface area (Å²) < 4.78 is 26.8. The minimum Gasteiger partial charge on any atom is -0.354 e. The van der Waals surface area contributed by atoms with Gasteiger partial charge in [-0.2, -0.15) is 0 Å². The molecular formula is C19H18F2N2O2. The lowest BCUT2D eigenvalue weighted by molar-refractivity contribution is 0.0944. The Kier molecular flexibility index (Phi) is 3.71. The van der Waals surface area contributed by atoms with E-state index in [0.717, 1.165) is 24.6 Å². The number of fused-ring (bicyclic) bond motifs is 1. The average molecular weight is 344 g/mol. The molecule has 2 N–H and O–H groups in total. The number of hydrogen-bond acceptors (Lipinski definition) is 2. The number of aromatic amines is 1. The first kappa shape index (κ1) is 16.0. The maximum Gasteiger partial charge on any atom is 0.268 e. The molecule has 1 aromatic carbocycles. The Balaban J connectivity index is 1.50. The quantitative estimate of drug-likeness (QED) is 0.896. The molecule has 0 radical (unpaired) electrons. The van der Waals surface area contributed by atoms with Crippen LogP contribution in [0.4, 0.5) is 8.78 Å². The number of benzene rings is 1. The molecule has 0 bridgehead atoms. The van der Waals surface area contributed by atoms with E-state index in [1.54, 1.807) is 6.92 Å². The summed E-state index contributed by atoms with van der Waals surface area (Å²) in [5, 5.41) is 2.88. The average Bonchev–Trinajstić information content (AvgIpc) is 3.21. The minimum absolute atomic E-state index is 0.0757. The molecule has 2 aromatic rings. The van der Waals surface area contributed by atoms with E-state index in [2.05, 4.69) is 10.3 Å². The van der Waals surface area contributed by atoms with Gasteiger partial charge in [0.1, 0.15) is 17.3 Å². The van der Waals surface area contributed by atoms with E-state index in [-0.39, 0.29) is 23.7 Å². The summed E-state index contributed by atoms with van der Waals surface area (Å²) in [6.07, 6.45) is 2.69. The van der Waals surface area contributed by atoms with Crippen LogP contribution >= 0.6 is 0 Å². The van der Waals surface area contributed by atoms with Crippen molar-refractivity contribution in [3.63, 3.8) is 0 Å². The number of aryl methyl sites for hydroxylation is 1. The third-order valence-electron chi connectivity index (χ3n) is 5.13. The zero-order valence-corrected chi connectivity index (χ0v) is 13.8. The molecular weight excluding hydrogens is 326 g/mol. The molecule has 25 heavy (non-hydrogen) atoms. The second-order valence-corrected chi connectivity index (χ2v) is 6.84. The number of carbonyl (C=O) groups excluding carboxylic acids is 2. The van der Waals surface area contributed by atoms with Gasteiger partial charge in [-0.25, -0.2) is 8.78 Å². The number of carbonyl (C=O) groups is 2. The highest BCUT2D eigenvalue weighted by molar-refractivity contribution is 6.04. The lowest BCUT2D eigenvalue weighted by Crippen LogP contribution is -2.27. The van der Waals surface area contributed by atoms with Crippen LogP contribution in [0, 0.1) is 18.6 Å². The number of H-pyrrole nitrogens is 1. The summed E-state index contributed by atoms with van der Waals surface area (Å²) in [6, 6.07) is 3.34. The van der Waals surface area contributed by atoms with Crippen molar-refractivity contribution in [1.29, 1.82) is 0 Å². The van der Waals surface area contributed by atoms with Crippen LogP contribution in [0.1, 0.15) is 62.8 Å². The largest absolute Gasteiger partial charge is 0.354 e. The molecule has 1 heterocycles. The normalized spacial score (nSPS) is 21.8. The minimum atomic E-state index is -0.611. The van der Waals surface area contributed by atoms with E-state index in [9.17, 15) is 18.4 Å². The summed E-state index contributed by atoms with van der Waals surface area (Å²) in [5.41, 5.74) is 2.99. The van der Waals surface area contributed by atoms with E-state index in [0.29, 0.717) is 35.2 Å². The highest BCUT2D eigenvalue weighted by atomic mass is 19.1. The number of aromatic nitrogens is 1. The topological polar surface area (TPSA) is 62.0 Å². The second-order valence-electron chi connectivity index (χ2n) is 6.84. The lowest BCUT2D eigenvalue weighted by Gasteiger charge is -2.09. The van der Waals surface area contributed by atoms with Gasteiger partial charge in [0.25, 0.3) is 5.91 Å². The van der Waals surface area contributed by atoms with Gasteiger partial charge < -0.3 is 10.3 Å². The number of nitrogens with one attached hydrogen (secondary N) is 2. The van der Waals surface area contributed by atoms with Crippen molar-refractivity contribution in [2.45, 2.75) is 44.6 Å². The van der Waals surface area contributed by atoms with E-state index >= 15 is 0 Å². The Morgan fingerprint density at radius 2 is 2.08 bits per heavy atom. The van der Waals surface area contributed by atoms with Crippen LogP contribution in [0.2, 0.25) is 0 Å². The van der Waals surface area contributed by atoms with Crippen molar-refractivity contribution in [2.75, 3.05) is 0 Å². The molecule has 1 amide bonds. The zero-order chi connectivity index (χ0) is 17.7. The number of Topliss-reactive ketones (excluding diaryl/α,β-unsaturated/α-hetero) is 1. The number of hydrogen-bond donors (Lipinski definition) is 2.